The molecule has 1 fully saturated rings. The van der Waals surface area contributed by atoms with Crippen LogP contribution in [0.1, 0.15) is 32.1 Å². The van der Waals surface area contributed by atoms with Crippen LogP contribution in [0.15, 0.2) is 0 Å². The molecule has 0 spiro atoms. The van der Waals surface area contributed by atoms with Crippen molar-refractivity contribution in [3.8, 4) is 0 Å². The van der Waals surface area contributed by atoms with Crippen LogP contribution < -0.4 is 10.6 Å². The second-order valence-electron chi connectivity index (χ2n) is 4.02. The Balaban J connectivity index is 1.83. The fourth-order valence-corrected chi connectivity index (χ4v) is 1.32. The van der Waals surface area contributed by atoms with Crippen LogP contribution in [0.3, 0.4) is 0 Å². The largest absolute Gasteiger partial charge is 0.469 e. The van der Waals surface area contributed by atoms with E-state index in [1.807, 2.05) is 0 Å². The summed E-state index contributed by atoms with van der Waals surface area (Å²) in [5.41, 5.74) is 0. The van der Waals surface area contributed by atoms with Crippen LogP contribution >= 0.6 is 0 Å². The standard InChI is InChI=1S/C11H20N2O3/c1-16-11(15)6-8-12-7-2-3-10(14)13-9-4-5-9/h9,12H,2-8H2,1H3,(H,13,14). The smallest absolute Gasteiger partial charge is 0.306 e. The normalized spacial score (nSPS) is 14.6. The van der Waals surface area contributed by atoms with Crippen molar-refractivity contribution < 1.29 is 14.3 Å². The molecule has 5 nitrogen and oxygen atoms in total. The zero-order valence-corrected chi connectivity index (χ0v) is 9.75. The predicted molar refractivity (Wildman–Crippen MR) is 59.9 cm³/mol. The number of rotatable bonds is 8. The van der Waals surface area contributed by atoms with Crippen molar-refractivity contribution in [2.75, 3.05) is 20.2 Å². The highest BCUT2D eigenvalue weighted by atomic mass is 16.5. The molecule has 1 aliphatic rings. The summed E-state index contributed by atoms with van der Waals surface area (Å²) in [4.78, 5) is 22.0. The van der Waals surface area contributed by atoms with E-state index in [0.29, 0.717) is 25.4 Å². The van der Waals surface area contributed by atoms with Crippen molar-refractivity contribution in [1.29, 1.82) is 0 Å². The minimum atomic E-state index is -0.209. The number of hydrogen-bond acceptors (Lipinski definition) is 4. The Labute approximate surface area is 95.9 Å². The van der Waals surface area contributed by atoms with E-state index < -0.39 is 0 Å². The zero-order chi connectivity index (χ0) is 11.8. The van der Waals surface area contributed by atoms with Crippen LogP contribution in [-0.4, -0.2) is 38.1 Å². The molecule has 16 heavy (non-hydrogen) atoms. The quantitative estimate of drug-likeness (QED) is 0.460. The maximum atomic E-state index is 11.3. The molecule has 1 saturated carbocycles. The van der Waals surface area contributed by atoms with Crippen LogP contribution in [0, 0.1) is 0 Å². The summed E-state index contributed by atoms with van der Waals surface area (Å²) in [5.74, 6) is -0.0729. The van der Waals surface area contributed by atoms with Crippen molar-refractivity contribution >= 4 is 11.9 Å². The van der Waals surface area contributed by atoms with Gasteiger partial charge in [-0.1, -0.05) is 0 Å². The van der Waals surface area contributed by atoms with Crippen molar-refractivity contribution in [2.24, 2.45) is 0 Å². The number of esters is 1. The van der Waals surface area contributed by atoms with Crippen molar-refractivity contribution in [2.45, 2.75) is 38.1 Å². The van der Waals surface area contributed by atoms with E-state index in [9.17, 15) is 9.59 Å². The lowest BCUT2D eigenvalue weighted by molar-refractivity contribution is -0.140. The highest BCUT2D eigenvalue weighted by Crippen LogP contribution is 2.18. The molecule has 0 heterocycles. The predicted octanol–water partition coefficient (Wildman–Crippen LogP) is 0.198. The van der Waals surface area contributed by atoms with Gasteiger partial charge in [0.05, 0.1) is 13.5 Å². The molecule has 1 rings (SSSR count). The first kappa shape index (κ1) is 13.0. The summed E-state index contributed by atoms with van der Waals surface area (Å²) in [6.45, 7) is 1.37. The third-order valence-corrected chi connectivity index (χ3v) is 2.43. The minimum absolute atomic E-state index is 0.136. The average Bonchev–Trinajstić information content (AvgIpc) is 3.06. The van der Waals surface area contributed by atoms with Gasteiger partial charge in [-0.25, -0.2) is 0 Å². The lowest BCUT2D eigenvalue weighted by Crippen LogP contribution is -2.27. The SMILES string of the molecule is COC(=O)CCNCCCC(=O)NC1CC1. The van der Waals surface area contributed by atoms with Gasteiger partial charge < -0.3 is 15.4 Å². The number of nitrogens with one attached hydrogen (secondary N) is 2. The molecule has 0 saturated heterocycles. The Bertz CT molecular complexity index is 239. The van der Waals surface area contributed by atoms with Gasteiger partial charge in [-0.15, -0.1) is 0 Å². The Morgan fingerprint density at radius 3 is 2.62 bits per heavy atom. The molecule has 92 valence electrons. The third-order valence-electron chi connectivity index (χ3n) is 2.43. The van der Waals surface area contributed by atoms with Gasteiger partial charge in [0.15, 0.2) is 0 Å². The molecule has 0 unspecified atom stereocenters. The first-order valence-corrected chi connectivity index (χ1v) is 5.79. The summed E-state index contributed by atoms with van der Waals surface area (Å²) in [5, 5.41) is 6.03. The molecule has 0 aliphatic heterocycles. The Morgan fingerprint density at radius 1 is 1.25 bits per heavy atom. The van der Waals surface area contributed by atoms with E-state index in [-0.39, 0.29) is 11.9 Å². The summed E-state index contributed by atoms with van der Waals surface area (Å²) < 4.78 is 4.50. The second-order valence-corrected chi connectivity index (χ2v) is 4.02. The van der Waals surface area contributed by atoms with Crippen LogP contribution in [0.2, 0.25) is 0 Å². The van der Waals surface area contributed by atoms with Crippen molar-refractivity contribution in [3.05, 3.63) is 0 Å². The molecule has 0 aromatic rings. The molecular formula is C11H20N2O3. The lowest BCUT2D eigenvalue weighted by Gasteiger charge is -2.04. The summed E-state index contributed by atoms with van der Waals surface area (Å²) in [7, 11) is 1.38. The Morgan fingerprint density at radius 2 is 2.00 bits per heavy atom. The number of hydrogen-bond donors (Lipinski definition) is 2. The number of carbonyl (C=O) groups is 2. The van der Waals surface area contributed by atoms with E-state index in [2.05, 4.69) is 15.4 Å². The molecule has 0 aromatic carbocycles. The van der Waals surface area contributed by atoms with Crippen LogP contribution in [0.25, 0.3) is 0 Å². The zero-order valence-electron chi connectivity index (χ0n) is 9.75. The van der Waals surface area contributed by atoms with E-state index in [0.717, 1.165) is 25.8 Å². The highest BCUT2D eigenvalue weighted by Gasteiger charge is 2.22. The number of ether oxygens (including phenoxy) is 1. The lowest BCUT2D eigenvalue weighted by atomic mass is 10.3. The van der Waals surface area contributed by atoms with Gasteiger partial charge in [-0.3, -0.25) is 9.59 Å². The highest BCUT2D eigenvalue weighted by molar-refractivity contribution is 5.76. The monoisotopic (exact) mass is 228 g/mol. The number of carbonyl (C=O) groups excluding carboxylic acids is 2. The molecule has 2 N–H and O–H groups in total. The first-order chi connectivity index (χ1) is 7.72. The number of amides is 1. The van der Waals surface area contributed by atoms with Gasteiger partial charge in [0, 0.05) is 19.0 Å². The molecule has 0 aromatic heterocycles. The van der Waals surface area contributed by atoms with Crippen LogP contribution in [-0.2, 0) is 14.3 Å². The molecule has 0 atom stereocenters. The Kier molecular flexibility index (Phi) is 5.85. The van der Waals surface area contributed by atoms with Crippen LogP contribution in [0.4, 0.5) is 0 Å². The van der Waals surface area contributed by atoms with E-state index >= 15 is 0 Å². The topological polar surface area (TPSA) is 67.4 Å². The molecule has 1 aliphatic carbocycles. The average molecular weight is 228 g/mol. The second kappa shape index (κ2) is 7.22. The first-order valence-electron chi connectivity index (χ1n) is 5.79. The van der Waals surface area contributed by atoms with Gasteiger partial charge in [-0.05, 0) is 25.8 Å². The summed E-state index contributed by atoms with van der Waals surface area (Å²) in [6.07, 6.45) is 4.00. The maximum Gasteiger partial charge on any atom is 0.306 e. The van der Waals surface area contributed by atoms with Gasteiger partial charge in [0.1, 0.15) is 0 Å². The van der Waals surface area contributed by atoms with E-state index in [4.69, 9.17) is 0 Å². The fraction of sp³-hybridized carbons (Fsp3) is 0.818. The molecule has 1 amide bonds. The van der Waals surface area contributed by atoms with Gasteiger partial charge >= 0.3 is 5.97 Å². The summed E-state index contributed by atoms with van der Waals surface area (Å²) in [6, 6.07) is 0.444. The third kappa shape index (κ3) is 6.40. The summed E-state index contributed by atoms with van der Waals surface area (Å²) >= 11 is 0. The van der Waals surface area contributed by atoms with E-state index in [1.165, 1.54) is 7.11 Å². The molecule has 5 heteroatoms. The maximum absolute atomic E-state index is 11.3. The number of methoxy groups -OCH3 is 1. The molecule has 0 radical (unpaired) electrons. The van der Waals surface area contributed by atoms with Crippen LogP contribution in [0.5, 0.6) is 0 Å². The Hall–Kier alpha value is -1.10. The molecular weight excluding hydrogens is 208 g/mol. The van der Waals surface area contributed by atoms with Crippen molar-refractivity contribution in [1.82, 2.24) is 10.6 Å². The van der Waals surface area contributed by atoms with Crippen molar-refractivity contribution in [3.63, 3.8) is 0 Å². The molecule has 0 bridgehead atoms. The fourth-order valence-electron chi connectivity index (χ4n) is 1.32. The van der Waals surface area contributed by atoms with Gasteiger partial charge in [0.25, 0.3) is 0 Å². The van der Waals surface area contributed by atoms with Gasteiger partial charge in [-0.2, -0.15) is 0 Å². The van der Waals surface area contributed by atoms with Gasteiger partial charge in [0.2, 0.25) is 5.91 Å². The van der Waals surface area contributed by atoms with E-state index in [1.54, 1.807) is 0 Å². The minimum Gasteiger partial charge on any atom is -0.469 e.